The molecule has 18 heavy (non-hydrogen) atoms. The van der Waals surface area contributed by atoms with Gasteiger partial charge in [0.2, 0.25) is 0 Å². The van der Waals surface area contributed by atoms with E-state index in [0.717, 1.165) is 6.07 Å². The number of nitrogens with zero attached hydrogens (tertiary/aromatic N) is 3. The fourth-order valence-corrected chi connectivity index (χ4v) is 1.60. The number of hydrogen-bond donors (Lipinski definition) is 0. The summed E-state index contributed by atoms with van der Waals surface area (Å²) in [5, 5.41) is 4.08. The average Bonchev–Trinajstić information content (AvgIpc) is 2.81. The van der Waals surface area contributed by atoms with Gasteiger partial charge in [-0.15, -0.1) is 0 Å². The summed E-state index contributed by atoms with van der Waals surface area (Å²) in [4.78, 5) is 25.1. The highest BCUT2D eigenvalue weighted by Crippen LogP contribution is 2.20. The fraction of sp³-hybridized carbons (Fsp3) is 0.167. The molecule has 5 nitrogen and oxygen atoms in total. The number of aldehydes is 2. The van der Waals surface area contributed by atoms with Crippen molar-refractivity contribution in [3.63, 3.8) is 0 Å². The lowest BCUT2D eigenvalue weighted by Crippen LogP contribution is -2.01. The summed E-state index contributed by atoms with van der Waals surface area (Å²) in [7, 11) is 0. The number of carbonyl (C=O) groups is 2. The molecule has 0 bridgehead atoms. The fourth-order valence-electron chi connectivity index (χ4n) is 1.60. The van der Waals surface area contributed by atoms with Gasteiger partial charge in [0, 0.05) is 18.3 Å². The Labute approximate surface area is 102 Å². The van der Waals surface area contributed by atoms with E-state index in [0.29, 0.717) is 24.8 Å². The highest BCUT2D eigenvalue weighted by Gasteiger charge is 2.13. The van der Waals surface area contributed by atoms with E-state index in [-0.39, 0.29) is 17.0 Å². The molecule has 0 aliphatic carbocycles. The number of hydrogen-bond acceptors (Lipinski definition) is 4. The molecule has 0 aliphatic rings. The molecule has 0 spiro atoms. The Bertz CT molecular complexity index is 607. The Morgan fingerprint density at radius 2 is 2.11 bits per heavy atom. The first-order chi connectivity index (χ1) is 8.69. The van der Waals surface area contributed by atoms with Crippen LogP contribution in [0.1, 0.15) is 27.8 Å². The van der Waals surface area contributed by atoms with Gasteiger partial charge in [0.25, 0.3) is 0 Å². The van der Waals surface area contributed by atoms with Crippen molar-refractivity contribution in [1.29, 1.82) is 0 Å². The lowest BCUT2D eigenvalue weighted by Gasteiger charge is -1.99. The van der Waals surface area contributed by atoms with Crippen molar-refractivity contribution in [3.8, 4) is 11.4 Å². The van der Waals surface area contributed by atoms with Gasteiger partial charge in [0.15, 0.2) is 18.4 Å². The summed E-state index contributed by atoms with van der Waals surface area (Å²) in [6.45, 7) is 2.32. The molecule has 0 N–H and O–H groups in total. The topological polar surface area (TPSA) is 64.8 Å². The molecular formula is C12H10FN3O2. The maximum atomic E-state index is 13.7. The quantitative estimate of drug-likeness (QED) is 0.772. The molecule has 0 amide bonds. The number of aromatic nitrogens is 3. The second-order valence-electron chi connectivity index (χ2n) is 3.60. The van der Waals surface area contributed by atoms with Crippen molar-refractivity contribution in [2.75, 3.05) is 0 Å². The molecule has 2 rings (SSSR count). The smallest absolute Gasteiger partial charge is 0.168 e. The van der Waals surface area contributed by atoms with Crippen LogP contribution >= 0.6 is 0 Å². The molecule has 0 aliphatic heterocycles. The van der Waals surface area contributed by atoms with Gasteiger partial charge in [-0.1, -0.05) is 0 Å². The summed E-state index contributed by atoms with van der Waals surface area (Å²) in [6.07, 6.45) is 2.43. The Morgan fingerprint density at radius 1 is 1.33 bits per heavy atom. The molecule has 2 aromatic heterocycles. The number of rotatable bonds is 4. The zero-order valence-corrected chi connectivity index (χ0v) is 9.63. The van der Waals surface area contributed by atoms with Gasteiger partial charge in [-0.25, -0.2) is 4.39 Å². The van der Waals surface area contributed by atoms with E-state index in [1.54, 1.807) is 0 Å². The summed E-state index contributed by atoms with van der Waals surface area (Å²) in [6, 6.07) is 2.55. The van der Waals surface area contributed by atoms with E-state index >= 15 is 0 Å². The molecule has 0 aromatic carbocycles. The number of carbonyl (C=O) groups excluding carboxylic acids is 2. The Balaban J connectivity index is 2.51. The van der Waals surface area contributed by atoms with Gasteiger partial charge in [-0.3, -0.25) is 19.3 Å². The molecule has 0 saturated heterocycles. The van der Waals surface area contributed by atoms with Crippen molar-refractivity contribution in [1.82, 2.24) is 14.8 Å². The second-order valence-corrected chi connectivity index (χ2v) is 3.60. The first-order valence-electron chi connectivity index (χ1n) is 5.33. The van der Waals surface area contributed by atoms with E-state index < -0.39 is 5.82 Å². The molecule has 6 heteroatoms. The highest BCUT2D eigenvalue weighted by atomic mass is 19.1. The van der Waals surface area contributed by atoms with Crippen LogP contribution in [-0.4, -0.2) is 27.3 Å². The van der Waals surface area contributed by atoms with Crippen molar-refractivity contribution >= 4 is 12.6 Å². The standard InChI is InChI=1S/C12H10FN3O2/c1-2-16-9(7-18)4-11(15-16)12-10(13)3-8(6-17)5-14-12/h3-7H,2H2,1H3. The zero-order chi connectivity index (χ0) is 13.1. The van der Waals surface area contributed by atoms with Crippen LogP contribution in [0, 0.1) is 5.82 Å². The average molecular weight is 247 g/mol. The van der Waals surface area contributed by atoms with Crippen molar-refractivity contribution in [2.24, 2.45) is 0 Å². The molecule has 0 fully saturated rings. The Kier molecular flexibility index (Phi) is 3.27. The van der Waals surface area contributed by atoms with Crippen molar-refractivity contribution < 1.29 is 14.0 Å². The Morgan fingerprint density at radius 3 is 2.61 bits per heavy atom. The second kappa shape index (κ2) is 4.87. The lowest BCUT2D eigenvalue weighted by atomic mass is 10.2. The molecular weight excluding hydrogens is 237 g/mol. The van der Waals surface area contributed by atoms with Crippen LogP contribution in [0.5, 0.6) is 0 Å². The van der Waals surface area contributed by atoms with Crippen LogP contribution in [0.3, 0.4) is 0 Å². The highest BCUT2D eigenvalue weighted by molar-refractivity contribution is 5.77. The molecule has 92 valence electrons. The predicted molar refractivity (Wildman–Crippen MR) is 61.9 cm³/mol. The normalized spacial score (nSPS) is 10.3. The molecule has 0 saturated carbocycles. The van der Waals surface area contributed by atoms with E-state index in [9.17, 15) is 14.0 Å². The van der Waals surface area contributed by atoms with Crippen LogP contribution < -0.4 is 0 Å². The van der Waals surface area contributed by atoms with Crippen LogP contribution in [0.4, 0.5) is 4.39 Å². The maximum Gasteiger partial charge on any atom is 0.168 e. The summed E-state index contributed by atoms with van der Waals surface area (Å²) in [5.74, 6) is -0.641. The van der Waals surface area contributed by atoms with Gasteiger partial charge in [-0.05, 0) is 19.1 Å². The minimum atomic E-state index is -0.641. The maximum absolute atomic E-state index is 13.7. The minimum Gasteiger partial charge on any atom is -0.298 e. The third kappa shape index (κ3) is 2.04. The van der Waals surface area contributed by atoms with Crippen LogP contribution in [0.2, 0.25) is 0 Å². The van der Waals surface area contributed by atoms with Gasteiger partial charge < -0.3 is 0 Å². The van der Waals surface area contributed by atoms with Gasteiger partial charge >= 0.3 is 0 Å². The van der Waals surface area contributed by atoms with E-state index in [2.05, 4.69) is 10.1 Å². The molecule has 2 aromatic rings. The minimum absolute atomic E-state index is 0.0240. The van der Waals surface area contributed by atoms with E-state index in [4.69, 9.17) is 0 Å². The summed E-state index contributed by atoms with van der Waals surface area (Å²) < 4.78 is 15.2. The summed E-state index contributed by atoms with van der Waals surface area (Å²) in [5.41, 5.74) is 0.805. The SMILES string of the molecule is CCn1nc(-c2ncc(C=O)cc2F)cc1C=O. The first-order valence-corrected chi connectivity index (χ1v) is 5.33. The van der Waals surface area contributed by atoms with Crippen molar-refractivity contribution in [3.05, 3.63) is 35.4 Å². The van der Waals surface area contributed by atoms with Gasteiger partial charge in [0.1, 0.15) is 17.1 Å². The summed E-state index contributed by atoms with van der Waals surface area (Å²) >= 11 is 0. The van der Waals surface area contributed by atoms with Gasteiger partial charge in [-0.2, -0.15) is 5.10 Å². The number of pyridine rings is 1. The monoisotopic (exact) mass is 247 g/mol. The zero-order valence-electron chi connectivity index (χ0n) is 9.63. The molecule has 0 unspecified atom stereocenters. The molecule has 0 radical (unpaired) electrons. The van der Waals surface area contributed by atoms with Crippen LogP contribution in [0.25, 0.3) is 11.4 Å². The first kappa shape index (κ1) is 12.1. The number of aryl methyl sites for hydroxylation is 1. The third-order valence-corrected chi connectivity index (χ3v) is 2.47. The van der Waals surface area contributed by atoms with Crippen molar-refractivity contribution in [2.45, 2.75) is 13.5 Å². The lowest BCUT2D eigenvalue weighted by molar-refractivity contribution is 0.111. The Hall–Kier alpha value is -2.37. The largest absolute Gasteiger partial charge is 0.298 e. The van der Waals surface area contributed by atoms with E-state index in [1.165, 1.54) is 16.9 Å². The predicted octanol–water partition coefficient (Wildman–Crippen LogP) is 1.73. The van der Waals surface area contributed by atoms with Crippen LogP contribution in [-0.2, 0) is 6.54 Å². The molecule has 2 heterocycles. The molecule has 0 atom stereocenters. The third-order valence-electron chi connectivity index (χ3n) is 2.47. The number of halogens is 1. The van der Waals surface area contributed by atoms with Crippen LogP contribution in [0.15, 0.2) is 18.3 Å². The van der Waals surface area contributed by atoms with Gasteiger partial charge in [0.05, 0.1) is 0 Å². The van der Waals surface area contributed by atoms with E-state index in [1.807, 2.05) is 6.92 Å².